The Bertz CT molecular complexity index is 739. The van der Waals surface area contributed by atoms with Crippen LogP contribution in [-0.4, -0.2) is 17.7 Å². The maximum absolute atomic E-state index is 12.3. The number of ether oxygens (including phenoxy) is 2. The van der Waals surface area contributed by atoms with Gasteiger partial charge in [-0.15, -0.1) is 0 Å². The third kappa shape index (κ3) is 2.74. The highest BCUT2D eigenvalue weighted by Crippen LogP contribution is 2.36. The van der Waals surface area contributed by atoms with Gasteiger partial charge in [-0.3, -0.25) is 4.79 Å². The van der Waals surface area contributed by atoms with Gasteiger partial charge in [0.25, 0.3) is 5.91 Å². The van der Waals surface area contributed by atoms with Crippen LogP contribution in [-0.2, 0) is 0 Å². The third-order valence-electron chi connectivity index (χ3n) is 2.84. The highest BCUT2D eigenvalue weighted by atomic mass is 79.9. The van der Waals surface area contributed by atoms with E-state index in [-0.39, 0.29) is 12.7 Å². The Morgan fingerprint density at radius 2 is 2.05 bits per heavy atom. The van der Waals surface area contributed by atoms with Gasteiger partial charge >= 0.3 is 0 Å². The van der Waals surface area contributed by atoms with Gasteiger partial charge in [-0.05, 0) is 28.1 Å². The molecule has 0 unspecified atom stereocenters. The van der Waals surface area contributed by atoms with Crippen LogP contribution in [0.25, 0.3) is 0 Å². The second-order valence-corrected chi connectivity index (χ2v) is 5.46. The lowest BCUT2D eigenvalue weighted by Gasteiger charge is -2.09. The smallest absolute Gasteiger partial charge is 0.257 e. The minimum Gasteiger partial charge on any atom is -0.454 e. The van der Waals surface area contributed by atoms with Crippen LogP contribution in [0.2, 0.25) is 5.15 Å². The highest BCUT2D eigenvalue weighted by Gasteiger charge is 2.20. The van der Waals surface area contributed by atoms with E-state index in [4.69, 9.17) is 26.8 Å². The highest BCUT2D eigenvalue weighted by molar-refractivity contribution is 9.10. The van der Waals surface area contributed by atoms with Crippen LogP contribution in [0.15, 0.2) is 28.9 Å². The average Bonchev–Trinajstić information content (AvgIpc) is 2.89. The van der Waals surface area contributed by atoms with Crippen LogP contribution in [0.1, 0.15) is 10.4 Å². The second kappa shape index (κ2) is 5.42. The topological polar surface area (TPSA) is 86.5 Å². The summed E-state index contributed by atoms with van der Waals surface area (Å²) < 4.78 is 11.0. The van der Waals surface area contributed by atoms with Crippen molar-refractivity contribution in [2.24, 2.45) is 0 Å². The quantitative estimate of drug-likeness (QED) is 0.627. The zero-order valence-corrected chi connectivity index (χ0v) is 12.9. The summed E-state index contributed by atoms with van der Waals surface area (Å²) in [4.78, 5) is 16.2. The monoisotopic (exact) mass is 369 g/mol. The number of aromatic nitrogens is 1. The number of halogens is 2. The SMILES string of the molecule is Nc1cc2c(cc1C(=O)Nc1cnc(Cl)c(Br)c1)OCO2. The zero-order chi connectivity index (χ0) is 15.0. The molecule has 0 atom stereocenters. The summed E-state index contributed by atoms with van der Waals surface area (Å²) in [6.45, 7) is 0.119. The minimum absolute atomic E-state index is 0.119. The number of hydrogen-bond acceptors (Lipinski definition) is 5. The van der Waals surface area contributed by atoms with Crippen LogP contribution in [0, 0.1) is 0 Å². The predicted octanol–water partition coefficient (Wildman–Crippen LogP) is 3.06. The number of nitrogens with two attached hydrogens (primary N) is 1. The van der Waals surface area contributed by atoms with E-state index in [0.29, 0.717) is 38.1 Å². The molecule has 0 aliphatic carbocycles. The molecule has 0 radical (unpaired) electrons. The second-order valence-electron chi connectivity index (χ2n) is 4.24. The molecule has 1 aliphatic rings. The van der Waals surface area contributed by atoms with Crippen molar-refractivity contribution in [3.63, 3.8) is 0 Å². The standard InChI is InChI=1S/C13H9BrClN3O3/c14-8-1-6(4-17-12(8)15)18-13(19)7-2-10-11(3-9(7)16)21-5-20-10/h1-4H,5,16H2,(H,18,19). The lowest BCUT2D eigenvalue weighted by molar-refractivity contribution is 0.102. The van der Waals surface area contributed by atoms with E-state index in [1.807, 2.05) is 0 Å². The first-order valence-corrected chi connectivity index (χ1v) is 7.03. The molecular formula is C13H9BrClN3O3. The van der Waals surface area contributed by atoms with Crippen molar-refractivity contribution < 1.29 is 14.3 Å². The number of carbonyl (C=O) groups is 1. The number of benzene rings is 1. The molecule has 2 heterocycles. The molecule has 0 saturated heterocycles. The molecule has 2 aromatic rings. The van der Waals surface area contributed by atoms with E-state index in [1.165, 1.54) is 6.20 Å². The summed E-state index contributed by atoms with van der Waals surface area (Å²) in [5, 5.41) is 3.01. The van der Waals surface area contributed by atoms with E-state index in [1.54, 1.807) is 18.2 Å². The number of fused-ring (bicyclic) bond motifs is 1. The predicted molar refractivity (Wildman–Crippen MR) is 81.9 cm³/mol. The van der Waals surface area contributed by atoms with Gasteiger partial charge in [0.1, 0.15) is 5.15 Å². The lowest BCUT2D eigenvalue weighted by Crippen LogP contribution is -2.14. The van der Waals surface area contributed by atoms with Crippen LogP contribution < -0.4 is 20.5 Å². The number of amides is 1. The number of nitrogens with one attached hydrogen (secondary N) is 1. The van der Waals surface area contributed by atoms with Crippen molar-refractivity contribution in [1.29, 1.82) is 0 Å². The fraction of sp³-hybridized carbons (Fsp3) is 0.0769. The summed E-state index contributed by atoms with van der Waals surface area (Å²) in [5.41, 5.74) is 6.95. The number of nitrogens with zero attached hydrogens (tertiary/aromatic N) is 1. The van der Waals surface area contributed by atoms with Gasteiger partial charge in [0.2, 0.25) is 6.79 Å². The van der Waals surface area contributed by atoms with Gasteiger partial charge in [0.05, 0.1) is 21.9 Å². The largest absolute Gasteiger partial charge is 0.454 e. The number of anilines is 2. The Kier molecular flexibility index (Phi) is 3.60. The molecule has 6 nitrogen and oxygen atoms in total. The lowest BCUT2D eigenvalue weighted by atomic mass is 10.1. The van der Waals surface area contributed by atoms with E-state index in [0.717, 1.165) is 0 Å². The number of hydrogen-bond donors (Lipinski definition) is 2. The molecule has 0 saturated carbocycles. The van der Waals surface area contributed by atoms with Gasteiger partial charge < -0.3 is 20.5 Å². The molecule has 1 aliphatic heterocycles. The zero-order valence-electron chi connectivity index (χ0n) is 10.5. The van der Waals surface area contributed by atoms with Crippen LogP contribution in [0.5, 0.6) is 11.5 Å². The maximum atomic E-state index is 12.3. The van der Waals surface area contributed by atoms with E-state index in [9.17, 15) is 4.79 Å². The molecule has 1 aromatic heterocycles. The molecule has 1 aromatic carbocycles. The number of nitrogen functional groups attached to an aromatic ring is 1. The van der Waals surface area contributed by atoms with E-state index in [2.05, 4.69) is 26.2 Å². The molecule has 0 bridgehead atoms. The average molecular weight is 371 g/mol. The van der Waals surface area contributed by atoms with Gasteiger partial charge in [-0.2, -0.15) is 0 Å². The summed E-state index contributed by atoms with van der Waals surface area (Å²) in [5.74, 6) is 0.645. The molecule has 8 heteroatoms. The molecule has 108 valence electrons. The van der Waals surface area contributed by atoms with Crippen molar-refractivity contribution in [1.82, 2.24) is 4.98 Å². The van der Waals surface area contributed by atoms with Gasteiger partial charge in [0, 0.05) is 11.8 Å². The molecule has 0 spiro atoms. The first-order chi connectivity index (χ1) is 10.0. The Balaban J connectivity index is 1.87. The van der Waals surface area contributed by atoms with Crippen LogP contribution in [0.3, 0.4) is 0 Å². The van der Waals surface area contributed by atoms with E-state index >= 15 is 0 Å². The van der Waals surface area contributed by atoms with Crippen molar-refractivity contribution in [2.45, 2.75) is 0 Å². The maximum Gasteiger partial charge on any atom is 0.257 e. The van der Waals surface area contributed by atoms with Gasteiger partial charge in [-0.25, -0.2) is 4.98 Å². The molecule has 3 N–H and O–H groups in total. The summed E-state index contributed by atoms with van der Waals surface area (Å²) >= 11 is 9.04. The Morgan fingerprint density at radius 3 is 2.76 bits per heavy atom. The molecule has 3 rings (SSSR count). The fourth-order valence-corrected chi connectivity index (χ4v) is 2.29. The third-order valence-corrected chi connectivity index (χ3v) is 3.98. The Morgan fingerprint density at radius 1 is 1.33 bits per heavy atom. The number of rotatable bonds is 2. The number of pyridine rings is 1. The summed E-state index contributed by atoms with van der Waals surface area (Å²) in [6, 6.07) is 4.76. The molecule has 21 heavy (non-hydrogen) atoms. The van der Waals surface area contributed by atoms with E-state index < -0.39 is 0 Å². The van der Waals surface area contributed by atoms with Crippen LogP contribution in [0.4, 0.5) is 11.4 Å². The van der Waals surface area contributed by atoms with Crippen LogP contribution >= 0.6 is 27.5 Å². The van der Waals surface area contributed by atoms with Crippen molar-refractivity contribution in [2.75, 3.05) is 17.8 Å². The first-order valence-electron chi connectivity index (χ1n) is 5.86. The fourth-order valence-electron chi connectivity index (χ4n) is 1.84. The minimum atomic E-state index is -0.373. The van der Waals surface area contributed by atoms with Crippen molar-refractivity contribution in [3.05, 3.63) is 39.6 Å². The molecule has 1 amide bonds. The summed E-state index contributed by atoms with van der Waals surface area (Å²) in [7, 11) is 0. The molecule has 0 fully saturated rings. The molecular weight excluding hydrogens is 362 g/mol. The van der Waals surface area contributed by atoms with Crippen molar-refractivity contribution >= 4 is 44.8 Å². The Labute approximate surface area is 133 Å². The van der Waals surface area contributed by atoms with Gasteiger partial charge in [-0.1, -0.05) is 11.6 Å². The number of carbonyl (C=O) groups excluding carboxylic acids is 1. The Hall–Kier alpha value is -1.99. The summed E-state index contributed by atoms with van der Waals surface area (Å²) in [6.07, 6.45) is 1.45. The normalized spacial score (nSPS) is 12.3. The van der Waals surface area contributed by atoms with Crippen molar-refractivity contribution in [3.8, 4) is 11.5 Å². The van der Waals surface area contributed by atoms with Gasteiger partial charge in [0.15, 0.2) is 11.5 Å². The first kappa shape index (κ1) is 14.0.